The lowest BCUT2D eigenvalue weighted by atomic mass is 9.84. The number of rotatable bonds is 5. The third-order valence-electron chi connectivity index (χ3n) is 5.83. The number of halogens is 1. The van der Waals surface area contributed by atoms with E-state index in [0.717, 1.165) is 47.0 Å². The lowest BCUT2D eigenvalue weighted by Crippen LogP contribution is -2.37. The van der Waals surface area contributed by atoms with E-state index in [1.807, 2.05) is 54.6 Å². The Labute approximate surface area is 185 Å². The lowest BCUT2D eigenvalue weighted by Gasteiger charge is -2.27. The number of nitrogens with one attached hydrogen (secondary N) is 1. The fourth-order valence-electron chi connectivity index (χ4n) is 3.85. The SMILES string of the molecule is O=C(N[C@@H](c1ccc2ccc(-c3ccccc3)nc2c1)c1nccnc1Cl)C1CCC1. The van der Waals surface area contributed by atoms with Crippen molar-refractivity contribution in [2.45, 2.75) is 25.3 Å². The molecule has 5 rings (SSSR count). The quantitative estimate of drug-likeness (QED) is 0.465. The van der Waals surface area contributed by atoms with E-state index in [1.165, 1.54) is 0 Å². The summed E-state index contributed by atoms with van der Waals surface area (Å²) < 4.78 is 0. The van der Waals surface area contributed by atoms with Crippen LogP contribution >= 0.6 is 11.6 Å². The van der Waals surface area contributed by atoms with Crippen LogP contribution < -0.4 is 5.32 Å². The maximum atomic E-state index is 12.8. The van der Waals surface area contributed by atoms with E-state index in [0.29, 0.717) is 5.69 Å². The van der Waals surface area contributed by atoms with Crippen LogP contribution in [-0.2, 0) is 4.79 Å². The van der Waals surface area contributed by atoms with E-state index in [4.69, 9.17) is 16.6 Å². The zero-order chi connectivity index (χ0) is 21.2. The fraction of sp³-hybridized carbons (Fsp3) is 0.200. The van der Waals surface area contributed by atoms with E-state index in [9.17, 15) is 4.79 Å². The highest BCUT2D eigenvalue weighted by Crippen LogP contribution is 2.31. The molecular formula is C25H21ClN4O. The summed E-state index contributed by atoms with van der Waals surface area (Å²) in [5, 5.41) is 4.46. The molecule has 1 aliphatic rings. The van der Waals surface area contributed by atoms with E-state index in [-0.39, 0.29) is 17.0 Å². The highest BCUT2D eigenvalue weighted by molar-refractivity contribution is 6.30. The molecule has 1 amide bonds. The van der Waals surface area contributed by atoms with Gasteiger partial charge < -0.3 is 5.32 Å². The summed E-state index contributed by atoms with van der Waals surface area (Å²) in [6, 6.07) is 19.7. The van der Waals surface area contributed by atoms with Gasteiger partial charge in [-0.3, -0.25) is 9.78 Å². The molecule has 0 radical (unpaired) electrons. The van der Waals surface area contributed by atoms with Crippen molar-refractivity contribution < 1.29 is 4.79 Å². The fourth-order valence-corrected chi connectivity index (χ4v) is 4.06. The van der Waals surface area contributed by atoms with E-state index in [2.05, 4.69) is 21.4 Å². The molecule has 0 spiro atoms. The number of hydrogen-bond donors (Lipinski definition) is 1. The molecule has 6 heteroatoms. The van der Waals surface area contributed by atoms with Crippen LogP contribution in [0.4, 0.5) is 0 Å². The molecular weight excluding hydrogens is 408 g/mol. The number of amides is 1. The molecule has 0 aliphatic heterocycles. The van der Waals surface area contributed by atoms with Gasteiger partial charge in [0, 0.05) is 29.3 Å². The molecule has 2 heterocycles. The molecule has 1 aliphatic carbocycles. The standard InChI is InChI=1S/C25H21ClN4O/c26-24-23(27-13-14-28-24)22(30-25(31)18-7-4-8-18)19-10-9-17-11-12-20(29-21(17)15-19)16-5-2-1-3-6-16/h1-3,5-6,9-15,18,22H,4,7-8H2,(H,30,31)/t22-/m0/s1. The molecule has 2 aromatic carbocycles. The van der Waals surface area contributed by atoms with Crippen molar-refractivity contribution in [1.82, 2.24) is 20.3 Å². The summed E-state index contributed by atoms with van der Waals surface area (Å²) in [7, 11) is 0. The maximum absolute atomic E-state index is 12.8. The molecule has 154 valence electrons. The van der Waals surface area contributed by atoms with Crippen LogP contribution in [0.15, 0.2) is 73.1 Å². The molecule has 4 aromatic rings. The Morgan fingerprint density at radius 1 is 1.00 bits per heavy atom. The summed E-state index contributed by atoms with van der Waals surface area (Å²) in [4.78, 5) is 26.2. The zero-order valence-electron chi connectivity index (χ0n) is 16.8. The Balaban J connectivity index is 1.56. The second-order valence-corrected chi connectivity index (χ2v) is 8.17. The van der Waals surface area contributed by atoms with Crippen LogP contribution in [0.5, 0.6) is 0 Å². The predicted molar refractivity (Wildman–Crippen MR) is 122 cm³/mol. The summed E-state index contributed by atoms with van der Waals surface area (Å²) in [5.74, 6) is 0.0882. The number of pyridine rings is 1. The number of carbonyl (C=O) groups excluding carboxylic acids is 1. The Kier molecular flexibility index (Phi) is 5.35. The normalized spacial score (nSPS) is 14.7. The van der Waals surface area contributed by atoms with Crippen molar-refractivity contribution >= 4 is 28.4 Å². The van der Waals surface area contributed by atoms with Crippen LogP contribution in [0.2, 0.25) is 5.15 Å². The van der Waals surface area contributed by atoms with Gasteiger partial charge in [0.25, 0.3) is 0 Å². The first-order valence-electron chi connectivity index (χ1n) is 10.4. The second-order valence-electron chi connectivity index (χ2n) is 7.82. The molecule has 2 aromatic heterocycles. The highest BCUT2D eigenvalue weighted by Gasteiger charge is 2.29. The Bertz CT molecular complexity index is 1240. The first-order valence-corrected chi connectivity index (χ1v) is 10.8. The third kappa shape index (κ3) is 4.01. The second kappa shape index (κ2) is 8.44. The van der Waals surface area contributed by atoms with Crippen LogP contribution in [0.1, 0.15) is 36.6 Å². The first kappa shape index (κ1) is 19.6. The minimum atomic E-state index is -0.485. The van der Waals surface area contributed by atoms with Gasteiger partial charge in [0.05, 0.1) is 17.3 Å². The van der Waals surface area contributed by atoms with Gasteiger partial charge in [0.15, 0.2) is 5.15 Å². The van der Waals surface area contributed by atoms with Crippen LogP contribution in [-0.4, -0.2) is 20.9 Å². The van der Waals surface area contributed by atoms with Gasteiger partial charge in [-0.1, -0.05) is 66.6 Å². The summed E-state index contributed by atoms with van der Waals surface area (Å²) in [6.07, 6.45) is 6.08. The van der Waals surface area contributed by atoms with E-state index >= 15 is 0 Å². The lowest BCUT2D eigenvalue weighted by molar-refractivity contribution is -0.127. The average Bonchev–Trinajstić information content (AvgIpc) is 2.77. The molecule has 1 fully saturated rings. The summed E-state index contributed by atoms with van der Waals surface area (Å²) >= 11 is 6.36. The van der Waals surface area contributed by atoms with Gasteiger partial charge in [0.2, 0.25) is 5.91 Å². The summed E-state index contributed by atoms with van der Waals surface area (Å²) in [5.41, 5.74) is 4.22. The number of fused-ring (bicyclic) bond motifs is 1. The maximum Gasteiger partial charge on any atom is 0.223 e. The Hall–Kier alpha value is -3.31. The number of benzene rings is 2. The molecule has 1 N–H and O–H groups in total. The van der Waals surface area contributed by atoms with Crippen molar-refractivity contribution in [2.24, 2.45) is 5.92 Å². The largest absolute Gasteiger partial charge is 0.343 e. The van der Waals surface area contributed by atoms with Crippen LogP contribution in [0.3, 0.4) is 0 Å². The van der Waals surface area contributed by atoms with Crippen molar-refractivity contribution in [3.8, 4) is 11.3 Å². The summed E-state index contributed by atoms with van der Waals surface area (Å²) in [6.45, 7) is 0. The van der Waals surface area contributed by atoms with E-state index < -0.39 is 6.04 Å². The molecule has 1 atom stereocenters. The first-order chi connectivity index (χ1) is 15.2. The van der Waals surface area contributed by atoms with Crippen molar-refractivity contribution in [1.29, 1.82) is 0 Å². The molecule has 31 heavy (non-hydrogen) atoms. The minimum absolute atomic E-state index is 0.0315. The molecule has 0 saturated heterocycles. The minimum Gasteiger partial charge on any atom is -0.343 e. The number of aromatic nitrogens is 3. The number of carbonyl (C=O) groups is 1. The third-order valence-corrected chi connectivity index (χ3v) is 6.13. The Morgan fingerprint density at radius 3 is 2.52 bits per heavy atom. The molecule has 0 unspecified atom stereocenters. The molecule has 0 bridgehead atoms. The van der Waals surface area contributed by atoms with Crippen molar-refractivity contribution in [2.75, 3.05) is 0 Å². The van der Waals surface area contributed by atoms with Gasteiger partial charge in [0.1, 0.15) is 5.69 Å². The van der Waals surface area contributed by atoms with Gasteiger partial charge in [-0.15, -0.1) is 0 Å². The Morgan fingerprint density at radius 2 is 1.77 bits per heavy atom. The predicted octanol–water partition coefficient (Wildman–Crippen LogP) is 5.35. The van der Waals surface area contributed by atoms with E-state index in [1.54, 1.807) is 12.4 Å². The monoisotopic (exact) mass is 428 g/mol. The van der Waals surface area contributed by atoms with Gasteiger partial charge >= 0.3 is 0 Å². The van der Waals surface area contributed by atoms with Gasteiger partial charge in [-0.2, -0.15) is 0 Å². The number of hydrogen-bond acceptors (Lipinski definition) is 4. The molecule has 5 nitrogen and oxygen atoms in total. The number of nitrogens with zero attached hydrogens (tertiary/aromatic N) is 3. The smallest absolute Gasteiger partial charge is 0.223 e. The van der Waals surface area contributed by atoms with Crippen molar-refractivity contribution in [3.63, 3.8) is 0 Å². The molecule has 1 saturated carbocycles. The van der Waals surface area contributed by atoms with Crippen LogP contribution in [0, 0.1) is 5.92 Å². The average molecular weight is 429 g/mol. The highest BCUT2D eigenvalue weighted by atomic mass is 35.5. The van der Waals surface area contributed by atoms with Gasteiger partial charge in [-0.05, 0) is 30.5 Å². The van der Waals surface area contributed by atoms with Gasteiger partial charge in [-0.25, -0.2) is 9.97 Å². The van der Waals surface area contributed by atoms with Crippen LogP contribution in [0.25, 0.3) is 22.2 Å². The zero-order valence-corrected chi connectivity index (χ0v) is 17.6. The topological polar surface area (TPSA) is 67.8 Å². The van der Waals surface area contributed by atoms with Crippen molar-refractivity contribution in [3.05, 3.63) is 89.5 Å².